The molecule has 118 valence electrons. The summed E-state index contributed by atoms with van der Waals surface area (Å²) in [5.74, 6) is -0.286. The van der Waals surface area contributed by atoms with Gasteiger partial charge in [0.05, 0.1) is 10.6 Å². The number of hydrogen-bond donors (Lipinski definition) is 1. The third-order valence-electron chi connectivity index (χ3n) is 3.15. The number of anilines is 1. The zero-order valence-electron chi connectivity index (χ0n) is 12.2. The second kappa shape index (κ2) is 6.02. The van der Waals surface area contributed by atoms with Crippen molar-refractivity contribution in [1.29, 1.82) is 0 Å². The van der Waals surface area contributed by atoms with Gasteiger partial charge in [0.2, 0.25) is 0 Å². The average Bonchev–Trinajstić information content (AvgIpc) is 3.09. The highest BCUT2D eigenvalue weighted by Gasteiger charge is 2.17. The van der Waals surface area contributed by atoms with Crippen molar-refractivity contribution in [2.45, 2.75) is 6.92 Å². The maximum Gasteiger partial charge on any atom is 0.322 e. The van der Waals surface area contributed by atoms with E-state index in [9.17, 15) is 4.79 Å². The highest BCUT2D eigenvalue weighted by molar-refractivity contribution is 6.36. The Morgan fingerprint density at radius 1 is 1.26 bits per heavy atom. The number of hydrogen-bond acceptors (Lipinski definition) is 5. The number of nitrogens with one attached hydrogen (secondary N) is 1. The van der Waals surface area contributed by atoms with Gasteiger partial charge in [0, 0.05) is 17.8 Å². The van der Waals surface area contributed by atoms with Gasteiger partial charge in [0.25, 0.3) is 11.8 Å². The van der Waals surface area contributed by atoms with Gasteiger partial charge in [-0.3, -0.25) is 14.8 Å². The summed E-state index contributed by atoms with van der Waals surface area (Å²) in [6.45, 7) is 1.90. The summed E-state index contributed by atoms with van der Waals surface area (Å²) >= 11 is 11.8. The highest BCUT2D eigenvalue weighted by Crippen LogP contribution is 2.23. The summed E-state index contributed by atoms with van der Waals surface area (Å²) < 4.78 is 7.08. The van der Waals surface area contributed by atoms with Gasteiger partial charge in [0.15, 0.2) is 0 Å². The Hall–Kier alpha value is -2.38. The molecule has 0 atom stereocenters. The minimum absolute atomic E-state index is 0.0515. The van der Waals surface area contributed by atoms with E-state index in [4.69, 9.17) is 27.6 Å². The van der Waals surface area contributed by atoms with E-state index in [1.54, 1.807) is 23.9 Å². The van der Waals surface area contributed by atoms with Gasteiger partial charge in [-0.15, -0.1) is 5.10 Å². The van der Waals surface area contributed by atoms with Gasteiger partial charge in [-0.2, -0.15) is 5.10 Å². The summed E-state index contributed by atoms with van der Waals surface area (Å²) in [5, 5.41) is 15.0. The Balaban J connectivity index is 1.81. The van der Waals surface area contributed by atoms with Crippen LogP contribution in [0.5, 0.6) is 0 Å². The lowest BCUT2D eigenvalue weighted by Gasteiger charge is -2.03. The Bertz CT molecular complexity index is 868. The predicted molar refractivity (Wildman–Crippen MR) is 85.7 cm³/mol. The molecule has 0 spiro atoms. The molecule has 2 heterocycles. The van der Waals surface area contributed by atoms with E-state index in [1.165, 1.54) is 12.1 Å². The van der Waals surface area contributed by atoms with Crippen LogP contribution in [0.2, 0.25) is 10.0 Å². The number of aryl methyl sites for hydroxylation is 2. The molecular formula is C14H11Cl2N5O2. The Kier molecular flexibility index (Phi) is 4.06. The number of halogens is 2. The lowest BCUT2D eigenvalue weighted by Crippen LogP contribution is -2.12. The van der Waals surface area contributed by atoms with Crippen molar-refractivity contribution in [1.82, 2.24) is 20.0 Å². The molecule has 1 amide bonds. The number of carbonyl (C=O) groups excluding carboxylic acids is 1. The topological polar surface area (TPSA) is 85.8 Å². The summed E-state index contributed by atoms with van der Waals surface area (Å²) in [6.07, 6.45) is 0. The molecule has 0 unspecified atom stereocenters. The van der Waals surface area contributed by atoms with Gasteiger partial charge in [-0.05, 0) is 31.2 Å². The van der Waals surface area contributed by atoms with E-state index in [-0.39, 0.29) is 22.5 Å². The molecule has 23 heavy (non-hydrogen) atoms. The maximum absolute atomic E-state index is 12.2. The van der Waals surface area contributed by atoms with Crippen LogP contribution >= 0.6 is 23.2 Å². The van der Waals surface area contributed by atoms with Crippen LogP contribution in [0.1, 0.15) is 16.1 Å². The monoisotopic (exact) mass is 351 g/mol. The van der Waals surface area contributed by atoms with Crippen LogP contribution in [-0.4, -0.2) is 25.9 Å². The fraction of sp³-hybridized carbons (Fsp3) is 0.143. The average molecular weight is 352 g/mol. The van der Waals surface area contributed by atoms with Crippen LogP contribution < -0.4 is 5.32 Å². The van der Waals surface area contributed by atoms with Crippen molar-refractivity contribution >= 4 is 35.1 Å². The first kappa shape index (κ1) is 15.5. The number of nitrogens with zero attached hydrogens (tertiary/aromatic N) is 4. The number of benzene rings is 1. The van der Waals surface area contributed by atoms with E-state index in [0.29, 0.717) is 10.7 Å². The molecule has 0 aliphatic carbocycles. The number of carbonyl (C=O) groups is 1. The SMILES string of the molecule is Cc1cc(-c2nnc(NC(=O)c3cc(Cl)ccc3Cl)o2)nn1C. The second-order valence-electron chi connectivity index (χ2n) is 4.79. The zero-order valence-corrected chi connectivity index (χ0v) is 13.7. The smallest absolute Gasteiger partial charge is 0.322 e. The van der Waals surface area contributed by atoms with Crippen LogP contribution in [0, 0.1) is 6.92 Å². The van der Waals surface area contributed by atoms with Crippen LogP contribution in [0.3, 0.4) is 0 Å². The Morgan fingerprint density at radius 3 is 2.74 bits per heavy atom. The lowest BCUT2D eigenvalue weighted by molar-refractivity contribution is 0.102. The maximum atomic E-state index is 12.2. The molecule has 0 saturated heterocycles. The summed E-state index contributed by atoms with van der Waals surface area (Å²) in [6, 6.07) is 6.33. The molecule has 0 aliphatic rings. The zero-order chi connectivity index (χ0) is 16.6. The molecule has 9 heteroatoms. The van der Waals surface area contributed by atoms with Crippen molar-refractivity contribution < 1.29 is 9.21 Å². The molecule has 1 aromatic carbocycles. The first-order valence-corrected chi connectivity index (χ1v) is 7.30. The molecule has 0 saturated carbocycles. The first-order chi connectivity index (χ1) is 10.9. The molecule has 0 fully saturated rings. The van der Waals surface area contributed by atoms with E-state index in [2.05, 4.69) is 20.6 Å². The van der Waals surface area contributed by atoms with Crippen LogP contribution in [0.25, 0.3) is 11.6 Å². The largest absolute Gasteiger partial charge is 0.401 e. The predicted octanol–water partition coefficient (Wildman–Crippen LogP) is 3.34. The minimum Gasteiger partial charge on any atom is -0.401 e. The van der Waals surface area contributed by atoms with Gasteiger partial charge >= 0.3 is 6.01 Å². The molecule has 7 nitrogen and oxygen atoms in total. The third-order valence-corrected chi connectivity index (χ3v) is 3.72. The van der Waals surface area contributed by atoms with Crippen molar-refractivity contribution in [3.8, 4) is 11.6 Å². The molecule has 3 aromatic rings. The summed E-state index contributed by atoms with van der Waals surface area (Å²) in [5.41, 5.74) is 1.68. The Morgan fingerprint density at radius 2 is 2.04 bits per heavy atom. The molecule has 2 aromatic heterocycles. The second-order valence-corrected chi connectivity index (χ2v) is 5.63. The number of rotatable bonds is 3. The molecular weight excluding hydrogens is 341 g/mol. The highest BCUT2D eigenvalue weighted by atomic mass is 35.5. The van der Waals surface area contributed by atoms with Crippen LogP contribution in [-0.2, 0) is 7.05 Å². The van der Waals surface area contributed by atoms with Gasteiger partial charge < -0.3 is 4.42 Å². The molecule has 1 N–H and O–H groups in total. The summed E-state index contributed by atoms with van der Waals surface area (Å²) in [4.78, 5) is 12.2. The van der Waals surface area contributed by atoms with E-state index < -0.39 is 5.91 Å². The fourth-order valence-electron chi connectivity index (χ4n) is 1.88. The van der Waals surface area contributed by atoms with Crippen molar-refractivity contribution in [2.75, 3.05) is 5.32 Å². The van der Waals surface area contributed by atoms with Gasteiger partial charge in [-0.1, -0.05) is 28.3 Å². The van der Waals surface area contributed by atoms with Crippen LogP contribution in [0.15, 0.2) is 28.7 Å². The normalized spacial score (nSPS) is 10.8. The van der Waals surface area contributed by atoms with Crippen molar-refractivity contribution in [3.05, 3.63) is 45.6 Å². The molecule has 0 bridgehead atoms. The number of amides is 1. The molecule has 0 radical (unpaired) electrons. The number of aromatic nitrogens is 4. The lowest BCUT2D eigenvalue weighted by atomic mass is 10.2. The quantitative estimate of drug-likeness (QED) is 0.781. The van der Waals surface area contributed by atoms with Crippen molar-refractivity contribution in [3.63, 3.8) is 0 Å². The molecule has 0 aliphatic heterocycles. The molecule has 3 rings (SSSR count). The standard InChI is InChI=1S/C14H11Cl2N5O2/c1-7-5-11(20-21(7)2)13-18-19-14(23-13)17-12(22)9-6-8(15)3-4-10(9)16/h3-6H,1-2H3,(H,17,19,22). The minimum atomic E-state index is -0.495. The van der Waals surface area contributed by atoms with Gasteiger partial charge in [0.1, 0.15) is 5.69 Å². The third kappa shape index (κ3) is 3.20. The van der Waals surface area contributed by atoms with Gasteiger partial charge in [-0.25, -0.2) is 0 Å². The van der Waals surface area contributed by atoms with Crippen LogP contribution in [0.4, 0.5) is 6.01 Å². The fourth-order valence-corrected chi connectivity index (χ4v) is 2.25. The first-order valence-electron chi connectivity index (χ1n) is 6.55. The van der Waals surface area contributed by atoms with Crippen molar-refractivity contribution in [2.24, 2.45) is 7.05 Å². The van der Waals surface area contributed by atoms with E-state index in [1.807, 2.05) is 6.92 Å². The van der Waals surface area contributed by atoms with E-state index >= 15 is 0 Å². The Labute approximate surface area is 141 Å². The van der Waals surface area contributed by atoms with E-state index in [0.717, 1.165) is 5.69 Å². The summed E-state index contributed by atoms with van der Waals surface area (Å²) in [7, 11) is 1.80.